The quantitative estimate of drug-likeness (QED) is 0.904. The van der Waals surface area contributed by atoms with Crippen LogP contribution in [0.5, 0.6) is 5.75 Å². The van der Waals surface area contributed by atoms with Crippen molar-refractivity contribution in [3.8, 4) is 5.75 Å². The van der Waals surface area contributed by atoms with E-state index in [1.807, 2.05) is 29.5 Å². The Morgan fingerprint density at radius 3 is 3.05 bits per heavy atom. The molecule has 2 nitrogen and oxygen atoms in total. The van der Waals surface area contributed by atoms with E-state index in [0.29, 0.717) is 16.7 Å². The molecule has 0 saturated heterocycles. The van der Waals surface area contributed by atoms with Crippen LogP contribution < -0.4 is 10.5 Å². The number of fused-ring (bicyclic) bond motifs is 1. The maximum atomic E-state index is 6.52. The Hall–Kier alpha value is -1.03. The van der Waals surface area contributed by atoms with Crippen LogP contribution in [0.2, 0.25) is 5.02 Å². The molecule has 1 aromatic heterocycles. The Bertz CT molecular complexity index is 610. The third-order valence-electron chi connectivity index (χ3n) is 4.09. The first-order chi connectivity index (χ1) is 9.70. The van der Waals surface area contributed by atoms with Gasteiger partial charge in [-0.3, -0.25) is 0 Å². The van der Waals surface area contributed by atoms with Gasteiger partial charge in [0.1, 0.15) is 5.75 Å². The molecule has 3 rings (SSSR count). The lowest BCUT2D eigenvalue weighted by Crippen LogP contribution is -2.22. The number of rotatable bonds is 3. The number of aryl methyl sites for hydroxylation is 1. The molecule has 1 heterocycles. The Balaban J connectivity index is 1.92. The summed E-state index contributed by atoms with van der Waals surface area (Å²) in [5, 5.41) is 2.81. The molecule has 1 aromatic carbocycles. The lowest BCUT2D eigenvalue weighted by molar-refractivity contribution is 0.412. The maximum Gasteiger partial charge on any atom is 0.137 e. The molecule has 1 aliphatic rings. The second-order valence-electron chi connectivity index (χ2n) is 5.22. The molecule has 20 heavy (non-hydrogen) atoms. The monoisotopic (exact) mass is 307 g/mol. The summed E-state index contributed by atoms with van der Waals surface area (Å²) in [5.41, 5.74) is 9.05. The zero-order valence-corrected chi connectivity index (χ0v) is 13.0. The minimum Gasteiger partial charge on any atom is -0.495 e. The molecule has 0 amide bonds. The number of nitrogens with two attached hydrogens (primary N) is 1. The van der Waals surface area contributed by atoms with Crippen molar-refractivity contribution in [3.63, 3.8) is 0 Å². The van der Waals surface area contributed by atoms with Crippen LogP contribution in [0.3, 0.4) is 0 Å². The van der Waals surface area contributed by atoms with Gasteiger partial charge in [-0.25, -0.2) is 0 Å². The fourth-order valence-corrected chi connectivity index (χ4v) is 4.20. The molecule has 0 bridgehead atoms. The smallest absolute Gasteiger partial charge is 0.137 e. The Morgan fingerprint density at radius 2 is 2.25 bits per heavy atom. The fourth-order valence-electron chi connectivity index (χ4n) is 3.01. The normalized spacial score (nSPS) is 19.4. The SMILES string of the molecule is COc1cc(C(N)C2CCCc3sccc32)ccc1Cl. The molecule has 4 heteroatoms. The standard InChI is InChI=1S/C16H18ClNOS/c1-19-14-9-10(5-6-13(14)17)16(18)12-3-2-4-15-11(12)7-8-20-15/h5-9,12,16H,2-4,18H2,1H3. The molecule has 1 aliphatic carbocycles. The van der Waals surface area contributed by atoms with Gasteiger partial charge in [0.15, 0.2) is 0 Å². The van der Waals surface area contributed by atoms with E-state index in [2.05, 4.69) is 11.4 Å². The summed E-state index contributed by atoms with van der Waals surface area (Å²) < 4.78 is 5.29. The van der Waals surface area contributed by atoms with Crippen molar-refractivity contribution in [3.05, 3.63) is 50.7 Å². The summed E-state index contributed by atoms with van der Waals surface area (Å²) in [6, 6.07) is 8.07. The summed E-state index contributed by atoms with van der Waals surface area (Å²) in [7, 11) is 1.63. The summed E-state index contributed by atoms with van der Waals surface area (Å²) >= 11 is 7.94. The van der Waals surface area contributed by atoms with Gasteiger partial charge < -0.3 is 10.5 Å². The zero-order chi connectivity index (χ0) is 14.1. The third kappa shape index (κ3) is 2.46. The van der Waals surface area contributed by atoms with Crippen LogP contribution in [0.15, 0.2) is 29.6 Å². The molecule has 0 radical (unpaired) electrons. The van der Waals surface area contributed by atoms with Crippen LogP contribution in [-0.2, 0) is 6.42 Å². The van der Waals surface area contributed by atoms with Crippen molar-refractivity contribution < 1.29 is 4.74 Å². The number of hydrogen-bond acceptors (Lipinski definition) is 3. The summed E-state index contributed by atoms with van der Waals surface area (Å²) in [6.45, 7) is 0. The second-order valence-corrected chi connectivity index (χ2v) is 6.63. The number of thiophene rings is 1. The van der Waals surface area contributed by atoms with Crippen molar-refractivity contribution in [2.24, 2.45) is 5.73 Å². The second kappa shape index (κ2) is 5.76. The van der Waals surface area contributed by atoms with Gasteiger partial charge in [-0.05, 0) is 54.0 Å². The number of methoxy groups -OCH3 is 1. The third-order valence-corrected chi connectivity index (χ3v) is 5.40. The zero-order valence-electron chi connectivity index (χ0n) is 11.4. The first-order valence-electron chi connectivity index (χ1n) is 6.86. The molecule has 2 aromatic rings. The lowest BCUT2D eigenvalue weighted by Gasteiger charge is -2.28. The van der Waals surface area contributed by atoms with Gasteiger partial charge in [-0.15, -0.1) is 11.3 Å². The van der Waals surface area contributed by atoms with Crippen molar-refractivity contribution in [1.29, 1.82) is 0 Å². The van der Waals surface area contributed by atoms with Gasteiger partial charge in [-0.2, -0.15) is 0 Å². The molecular formula is C16H18ClNOS. The first-order valence-corrected chi connectivity index (χ1v) is 8.11. The molecule has 2 unspecified atom stereocenters. The molecule has 0 fully saturated rings. The van der Waals surface area contributed by atoms with Gasteiger partial charge in [0, 0.05) is 16.8 Å². The predicted molar refractivity (Wildman–Crippen MR) is 84.9 cm³/mol. The largest absolute Gasteiger partial charge is 0.495 e. The number of hydrogen-bond donors (Lipinski definition) is 1. The summed E-state index contributed by atoms with van der Waals surface area (Å²) in [6.07, 6.45) is 3.56. The van der Waals surface area contributed by atoms with Gasteiger partial charge in [0.25, 0.3) is 0 Å². The average Bonchev–Trinajstić information content (AvgIpc) is 2.95. The fraction of sp³-hybridized carbons (Fsp3) is 0.375. The minimum atomic E-state index is -0.00480. The lowest BCUT2D eigenvalue weighted by atomic mass is 9.80. The Labute approximate surface area is 128 Å². The van der Waals surface area contributed by atoms with E-state index in [1.165, 1.54) is 23.3 Å². The highest BCUT2D eigenvalue weighted by Crippen LogP contribution is 2.42. The average molecular weight is 308 g/mol. The Morgan fingerprint density at radius 1 is 1.40 bits per heavy atom. The highest BCUT2D eigenvalue weighted by Gasteiger charge is 2.27. The highest BCUT2D eigenvalue weighted by atomic mass is 35.5. The van der Waals surface area contributed by atoms with Crippen molar-refractivity contribution in [2.75, 3.05) is 7.11 Å². The van der Waals surface area contributed by atoms with Crippen LogP contribution in [-0.4, -0.2) is 7.11 Å². The van der Waals surface area contributed by atoms with E-state index in [0.717, 1.165) is 12.0 Å². The molecule has 0 spiro atoms. The van der Waals surface area contributed by atoms with E-state index in [4.69, 9.17) is 22.1 Å². The maximum absolute atomic E-state index is 6.52. The summed E-state index contributed by atoms with van der Waals surface area (Å²) in [5.74, 6) is 1.09. The minimum absolute atomic E-state index is 0.00480. The van der Waals surface area contributed by atoms with Gasteiger partial charge in [0.05, 0.1) is 12.1 Å². The van der Waals surface area contributed by atoms with Crippen molar-refractivity contribution in [2.45, 2.75) is 31.2 Å². The van der Waals surface area contributed by atoms with E-state index in [-0.39, 0.29) is 6.04 Å². The first kappa shape index (κ1) is 13.9. The summed E-state index contributed by atoms with van der Waals surface area (Å²) in [4.78, 5) is 1.50. The van der Waals surface area contributed by atoms with E-state index in [9.17, 15) is 0 Å². The molecule has 2 atom stereocenters. The van der Waals surface area contributed by atoms with E-state index < -0.39 is 0 Å². The van der Waals surface area contributed by atoms with Gasteiger partial charge in [0.2, 0.25) is 0 Å². The van der Waals surface area contributed by atoms with E-state index in [1.54, 1.807) is 7.11 Å². The van der Waals surface area contributed by atoms with Gasteiger partial charge >= 0.3 is 0 Å². The molecule has 2 N–H and O–H groups in total. The molecular weight excluding hydrogens is 290 g/mol. The van der Waals surface area contributed by atoms with Crippen LogP contribution in [0.4, 0.5) is 0 Å². The number of ether oxygens (including phenoxy) is 1. The highest BCUT2D eigenvalue weighted by molar-refractivity contribution is 7.10. The Kier molecular flexibility index (Phi) is 4.01. The van der Waals surface area contributed by atoms with Crippen LogP contribution >= 0.6 is 22.9 Å². The van der Waals surface area contributed by atoms with Crippen LogP contribution in [0.25, 0.3) is 0 Å². The predicted octanol–water partition coefficient (Wildman–Crippen LogP) is 4.53. The number of benzene rings is 1. The van der Waals surface area contributed by atoms with Crippen molar-refractivity contribution in [1.82, 2.24) is 0 Å². The van der Waals surface area contributed by atoms with Gasteiger partial charge in [-0.1, -0.05) is 17.7 Å². The molecule has 0 aliphatic heterocycles. The van der Waals surface area contributed by atoms with E-state index >= 15 is 0 Å². The van der Waals surface area contributed by atoms with Crippen molar-refractivity contribution >= 4 is 22.9 Å². The van der Waals surface area contributed by atoms with Crippen LogP contribution in [0.1, 0.15) is 40.8 Å². The topological polar surface area (TPSA) is 35.2 Å². The molecule has 106 valence electrons. The van der Waals surface area contributed by atoms with Crippen LogP contribution in [0, 0.1) is 0 Å². The molecule has 0 saturated carbocycles. The number of halogens is 1.